The highest BCUT2D eigenvalue weighted by molar-refractivity contribution is 5.75. The molecule has 6 aliphatic rings. The van der Waals surface area contributed by atoms with Gasteiger partial charge in [-0.15, -0.1) is 0 Å². The van der Waals surface area contributed by atoms with Gasteiger partial charge in [0.05, 0.1) is 17.5 Å². The largest absolute Gasteiger partial charge is 0.419 e. The number of amides is 2. The molecule has 0 unspecified atom stereocenters. The van der Waals surface area contributed by atoms with Crippen molar-refractivity contribution in [3.05, 3.63) is 29.1 Å². The summed E-state index contributed by atoms with van der Waals surface area (Å²) in [5, 5.41) is 14.6. The summed E-state index contributed by atoms with van der Waals surface area (Å²) < 4.78 is 41.4. The monoisotopic (exact) mass is 475 g/mol. The molecule has 2 aromatic heterocycles. The van der Waals surface area contributed by atoms with Crippen molar-refractivity contribution in [2.45, 2.75) is 69.5 Å². The van der Waals surface area contributed by atoms with E-state index >= 15 is 0 Å². The van der Waals surface area contributed by atoms with Gasteiger partial charge in [-0.2, -0.15) is 23.4 Å². The summed E-state index contributed by atoms with van der Waals surface area (Å²) >= 11 is 0. The molecule has 2 amide bonds. The van der Waals surface area contributed by atoms with E-state index in [2.05, 4.69) is 25.6 Å². The van der Waals surface area contributed by atoms with Gasteiger partial charge >= 0.3 is 12.2 Å². The number of hydrogen-bond donors (Lipinski definition) is 2. The third-order valence-corrected chi connectivity index (χ3v) is 8.83. The predicted molar refractivity (Wildman–Crippen MR) is 114 cm³/mol. The first-order valence-electron chi connectivity index (χ1n) is 12.3. The number of carbonyl (C=O) groups is 1. The quantitative estimate of drug-likeness (QED) is 0.709. The number of rotatable bonds is 4. The minimum absolute atomic E-state index is 0.0678. The van der Waals surface area contributed by atoms with Crippen molar-refractivity contribution in [1.82, 2.24) is 35.2 Å². The van der Waals surface area contributed by atoms with E-state index in [4.69, 9.17) is 0 Å². The number of aromatic nitrogens is 5. The Morgan fingerprint density at radius 2 is 1.91 bits per heavy atom. The van der Waals surface area contributed by atoms with E-state index in [0.29, 0.717) is 37.0 Å². The number of hydrogen-bond acceptors (Lipinski definition) is 4. The second kappa shape index (κ2) is 6.75. The van der Waals surface area contributed by atoms with Crippen LogP contribution in [0, 0.1) is 16.7 Å². The topological polar surface area (TPSA) is 91.7 Å². The van der Waals surface area contributed by atoms with Crippen LogP contribution in [0.3, 0.4) is 0 Å². The van der Waals surface area contributed by atoms with Crippen molar-refractivity contribution in [3.63, 3.8) is 0 Å². The van der Waals surface area contributed by atoms with Gasteiger partial charge in [0.15, 0.2) is 5.82 Å². The molecule has 34 heavy (non-hydrogen) atoms. The standard InChI is InChI=1S/C23H28F3N7O/c24-23(25,26)16-8-28-33-12-21(4-13(5-21)3-17(16)33)9-27-20(34)32-10-22(11-32)6-15(7-22)19-29-18(30-31-19)14-1-2-14/h8,13-15H,1-7,9-12H2,(H,27,34)(H,29,30,31). The smallest absolute Gasteiger partial charge is 0.337 e. The van der Waals surface area contributed by atoms with Crippen molar-refractivity contribution >= 4 is 6.03 Å². The number of urea groups is 1. The highest BCUT2D eigenvalue weighted by Gasteiger charge is 2.55. The van der Waals surface area contributed by atoms with Crippen LogP contribution in [0.25, 0.3) is 0 Å². The van der Waals surface area contributed by atoms with Crippen molar-refractivity contribution in [2.24, 2.45) is 16.7 Å². The number of aromatic amines is 1. The molecule has 1 saturated heterocycles. The molecule has 182 valence electrons. The summed E-state index contributed by atoms with van der Waals surface area (Å²) in [6.45, 7) is 2.42. The van der Waals surface area contributed by atoms with E-state index in [-0.39, 0.29) is 22.8 Å². The molecule has 8 nitrogen and oxygen atoms in total. The molecule has 2 aromatic rings. The van der Waals surface area contributed by atoms with Crippen LogP contribution < -0.4 is 5.32 Å². The van der Waals surface area contributed by atoms with E-state index < -0.39 is 11.7 Å². The van der Waals surface area contributed by atoms with Gasteiger partial charge in [-0.1, -0.05) is 0 Å². The Labute approximate surface area is 194 Å². The summed E-state index contributed by atoms with van der Waals surface area (Å²) in [5.41, 5.74) is -0.321. The number of carbonyl (C=O) groups excluding carboxylic acids is 1. The lowest BCUT2D eigenvalue weighted by molar-refractivity contribution is -0.138. The summed E-state index contributed by atoms with van der Waals surface area (Å²) in [7, 11) is 0. The van der Waals surface area contributed by atoms with E-state index in [1.807, 2.05) is 4.90 Å². The van der Waals surface area contributed by atoms with Crippen molar-refractivity contribution in [2.75, 3.05) is 19.6 Å². The van der Waals surface area contributed by atoms with E-state index in [9.17, 15) is 18.0 Å². The number of halogens is 3. The molecule has 3 saturated carbocycles. The normalized spacial score (nSPS) is 29.6. The minimum atomic E-state index is -4.37. The van der Waals surface area contributed by atoms with Gasteiger partial charge in [0, 0.05) is 48.8 Å². The van der Waals surface area contributed by atoms with Crippen LogP contribution in [0.2, 0.25) is 0 Å². The summed E-state index contributed by atoms with van der Waals surface area (Å²) in [6, 6.07) is -0.0678. The van der Waals surface area contributed by atoms with E-state index in [1.165, 1.54) is 17.5 Å². The average molecular weight is 476 g/mol. The molecule has 2 bridgehead atoms. The predicted octanol–water partition coefficient (Wildman–Crippen LogP) is 3.44. The molecule has 5 heterocycles. The van der Waals surface area contributed by atoms with Crippen molar-refractivity contribution in [3.8, 4) is 0 Å². The maximum Gasteiger partial charge on any atom is 0.419 e. The van der Waals surface area contributed by atoms with Crippen LogP contribution in [-0.2, 0) is 19.1 Å². The molecule has 0 atom stereocenters. The summed E-state index contributed by atoms with van der Waals surface area (Å²) in [5.74, 6) is 3.14. The first-order valence-corrected chi connectivity index (χ1v) is 12.3. The molecule has 4 fully saturated rings. The SMILES string of the molecule is O=C(NCC12CC(Cc3c(C(F)(F)F)cnn3C1)C2)N1CC2(CC(c3n[nH]c(C4CC4)n3)C2)C1. The van der Waals surface area contributed by atoms with Crippen LogP contribution in [0.1, 0.15) is 73.3 Å². The second-order valence-electron chi connectivity index (χ2n) is 11.6. The highest BCUT2D eigenvalue weighted by Crippen LogP contribution is 2.56. The fourth-order valence-corrected chi connectivity index (χ4v) is 6.95. The Kier molecular flexibility index (Phi) is 4.12. The van der Waals surface area contributed by atoms with Crippen molar-refractivity contribution < 1.29 is 18.0 Å². The molecule has 3 aliphatic carbocycles. The molecular weight excluding hydrogens is 447 g/mol. The van der Waals surface area contributed by atoms with Gasteiger partial charge in [-0.05, 0) is 50.9 Å². The molecule has 0 aromatic carbocycles. The van der Waals surface area contributed by atoms with Crippen LogP contribution in [0.4, 0.5) is 18.0 Å². The molecular formula is C23H28F3N7O. The van der Waals surface area contributed by atoms with Crippen LogP contribution >= 0.6 is 0 Å². The van der Waals surface area contributed by atoms with Crippen molar-refractivity contribution in [1.29, 1.82) is 0 Å². The van der Waals surface area contributed by atoms with Gasteiger partial charge in [-0.3, -0.25) is 9.78 Å². The zero-order valence-corrected chi connectivity index (χ0v) is 18.9. The Morgan fingerprint density at radius 1 is 1.15 bits per heavy atom. The molecule has 2 N–H and O–H groups in total. The Bertz CT molecular complexity index is 1130. The summed E-state index contributed by atoms with van der Waals surface area (Å²) in [6.07, 6.45) is 3.10. The second-order valence-corrected chi connectivity index (χ2v) is 11.6. The fraction of sp³-hybridized carbons (Fsp3) is 0.739. The number of H-pyrrole nitrogens is 1. The van der Waals surface area contributed by atoms with Gasteiger partial charge in [0.1, 0.15) is 5.82 Å². The molecule has 8 rings (SSSR count). The highest BCUT2D eigenvalue weighted by atomic mass is 19.4. The number of likely N-dealkylation sites (tertiary alicyclic amines) is 1. The van der Waals surface area contributed by atoms with Crippen LogP contribution in [0.15, 0.2) is 6.20 Å². The average Bonchev–Trinajstić information content (AvgIpc) is 3.37. The molecule has 11 heteroatoms. The zero-order valence-electron chi connectivity index (χ0n) is 18.9. The maximum atomic E-state index is 13.3. The first kappa shape index (κ1) is 20.8. The third-order valence-electron chi connectivity index (χ3n) is 8.83. The lowest BCUT2D eigenvalue weighted by Gasteiger charge is -2.58. The molecule has 0 radical (unpaired) electrons. The van der Waals surface area contributed by atoms with Gasteiger partial charge in [0.25, 0.3) is 0 Å². The molecule has 1 spiro atoms. The van der Waals surface area contributed by atoms with E-state index in [0.717, 1.165) is 56.6 Å². The minimum Gasteiger partial charge on any atom is -0.337 e. The number of nitrogens with zero attached hydrogens (tertiary/aromatic N) is 5. The lowest BCUT2D eigenvalue weighted by Crippen LogP contribution is -2.65. The molecule has 3 aliphatic heterocycles. The van der Waals surface area contributed by atoms with Gasteiger partial charge < -0.3 is 10.2 Å². The van der Waals surface area contributed by atoms with Crippen LogP contribution in [-0.4, -0.2) is 55.5 Å². The Balaban J connectivity index is 0.919. The van der Waals surface area contributed by atoms with Crippen LogP contribution in [0.5, 0.6) is 0 Å². The van der Waals surface area contributed by atoms with Gasteiger partial charge in [0.2, 0.25) is 0 Å². The lowest BCUT2D eigenvalue weighted by atomic mass is 9.57. The Hall–Kier alpha value is -2.59. The zero-order chi connectivity index (χ0) is 23.3. The maximum absolute atomic E-state index is 13.3. The first-order chi connectivity index (χ1) is 16.2. The Morgan fingerprint density at radius 3 is 2.62 bits per heavy atom. The third kappa shape index (κ3) is 3.25. The number of alkyl halides is 3. The van der Waals surface area contributed by atoms with Gasteiger partial charge in [-0.25, -0.2) is 9.78 Å². The summed E-state index contributed by atoms with van der Waals surface area (Å²) in [4.78, 5) is 19.3. The van der Waals surface area contributed by atoms with E-state index in [1.54, 1.807) is 0 Å². The fourth-order valence-electron chi connectivity index (χ4n) is 6.95. The number of nitrogens with one attached hydrogen (secondary N) is 2.